The van der Waals surface area contributed by atoms with Gasteiger partial charge in [0.15, 0.2) is 12.4 Å². The molecule has 0 unspecified atom stereocenters. The average Bonchev–Trinajstić information content (AvgIpc) is 3.34. The number of carbonyl (C=O) groups is 1. The number of nitrogens with zero attached hydrogens (tertiary/aromatic N) is 3. The third-order valence-electron chi connectivity index (χ3n) is 4.67. The third kappa shape index (κ3) is 4.44. The zero-order valence-corrected chi connectivity index (χ0v) is 17.6. The molecular weight excluding hydrogens is 400 g/mol. The van der Waals surface area contributed by atoms with Crippen LogP contribution in [0.15, 0.2) is 53.9 Å². The fourth-order valence-corrected chi connectivity index (χ4v) is 3.89. The third-order valence-corrected chi connectivity index (χ3v) is 5.53. The second-order valence-corrected chi connectivity index (χ2v) is 7.57. The molecule has 30 heavy (non-hydrogen) atoms. The normalized spacial score (nSPS) is 10.9. The van der Waals surface area contributed by atoms with Gasteiger partial charge >= 0.3 is 0 Å². The molecule has 0 aliphatic heterocycles. The number of fused-ring (bicyclic) bond motifs is 1. The van der Waals surface area contributed by atoms with Crippen LogP contribution in [0.25, 0.3) is 16.3 Å². The Balaban J connectivity index is 1.31. The maximum Gasteiger partial charge on any atom is 0.257 e. The number of methoxy groups -OCH3 is 1. The molecule has 0 radical (unpaired) electrons. The summed E-state index contributed by atoms with van der Waals surface area (Å²) in [5, 5.41) is 9.57. The van der Waals surface area contributed by atoms with Crippen LogP contribution in [0.5, 0.6) is 11.5 Å². The first kappa shape index (κ1) is 19.9. The van der Waals surface area contributed by atoms with Crippen LogP contribution < -0.4 is 14.8 Å². The lowest BCUT2D eigenvalue weighted by Gasteiger charge is -2.08. The Morgan fingerprint density at radius 3 is 2.67 bits per heavy atom. The SMILES string of the molecule is COc1ccc(OCC(=O)NCCc2csc3nc(-c4ccccc4C)nn23)cc1. The van der Waals surface area contributed by atoms with Crippen molar-refractivity contribution in [2.24, 2.45) is 0 Å². The minimum absolute atomic E-state index is 0.0356. The first-order valence-electron chi connectivity index (χ1n) is 9.57. The number of benzene rings is 2. The zero-order valence-electron chi connectivity index (χ0n) is 16.8. The quantitative estimate of drug-likeness (QED) is 0.470. The standard InChI is InChI=1S/C22H22N4O3S/c1-15-5-3-4-6-19(15)21-24-22-26(25-21)16(14-30-22)11-12-23-20(27)13-29-18-9-7-17(28-2)8-10-18/h3-10,14H,11-13H2,1-2H3,(H,23,27). The Morgan fingerprint density at radius 2 is 1.90 bits per heavy atom. The van der Waals surface area contributed by atoms with E-state index in [1.54, 1.807) is 42.7 Å². The second kappa shape index (κ2) is 8.96. The molecule has 0 saturated heterocycles. The van der Waals surface area contributed by atoms with Crippen molar-refractivity contribution in [3.8, 4) is 22.9 Å². The van der Waals surface area contributed by atoms with Crippen LogP contribution in [0, 0.1) is 6.92 Å². The van der Waals surface area contributed by atoms with Gasteiger partial charge in [0.25, 0.3) is 5.91 Å². The van der Waals surface area contributed by atoms with Gasteiger partial charge in [-0.05, 0) is 36.8 Å². The lowest BCUT2D eigenvalue weighted by molar-refractivity contribution is -0.123. The van der Waals surface area contributed by atoms with Crippen molar-refractivity contribution in [2.45, 2.75) is 13.3 Å². The molecule has 154 valence electrons. The first-order chi connectivity index (χ1) is 14.6. The van der Waals surface area contributed by atoms with Crippen molar-refractivity contribution in [3.63, 3.8) is 0 Å². The molecule has 0 spiro atoms. The van der Waals surface area contributed by atoms with Crippen molar-refractivity contribution >= 4 is 22.2 Å². The number of thiazole rings is 1. The number of carbonyl (C=O) groups excluding carboxylic acids is 1. The molecule has 4 rings (SSSR count). The summed E-state index contributed by atoms with van der Waals surface area (Å²) in [5.41, 5.74) is 3.18. The summed E-state index contributed by atoms with van der Waals surface area (Å²) >= 11 is 1.55. The monoisotopic (exact) mass is 422 g/mol. The maximum atomic E-state index is 12.1. The molecule has 4 aromatic rings. The highest BCUT2D eigenvalue weighted by atomic mass is 32.1. The van der Waals surface area contributed by atoms with E-state index in [0.29, 0.717) is 18.7 Å². The minimum atomic E-state index is -0.170. The molecule has 0 fully saturated rings. The molecule has 2 heterocycles. The number of ether oxygens (including phenoxy) is 2. The summed E-state index contributed by atoms with van der Waals surface area (Å²) in [6, 6.07) is 15.2. The molecular formula is C22H22N4O3S. The number of hydrogen-bond donors (Lipinski definition) is 1. The predicted octanol–water partition coefficient (Wildman–Crippen LogP) is 3.51. The largest absolute Gasteiger partial charge is 0.497 e. The van der Waals surface area contributed by atoms with Gasteiger partial charge in [0.1, 0.15) is 11.5 Å². The summed E-state index contributed by atoms with van der Waals surface area (Å²) in [6.07, 6.45) is 0.658. The van der Waals surface area contributed by atoms with Crippen molar-refractivity contribution in [3.05, 3.63) is 65.2 Å². The second-order valence-electron chi connectivity index (χ2n) is 6.74. The molecule has 2 aromatic carbocycles. The van der Waals surface area contributed by atoms with Gasteiger partial charge < -0.3 is 14.8 Å². The summed E-state index contributed by atoms with van der Waals surface area (Å²) < 4.78 is 12.4. The molecule has 0 bridgehead atoms. The highest BCUT2D eigenvalue weighted by Crippen LogP contribution is 2.23. The van der Waals surface area contributed by atoms with E-state index in [0.717, 1.165) is 33.4 Å². The lowest BCUT2D eigenvalue weighted by Crippen LogP contribution is -2.30. The fourth-order valence-electron chi connectivity index (χ4n) is 3.04. The number of rotatable bonds is 8. The van der Waals surface area contributed by atoms with E-state index in [1.807, 2.05) is 28.1 Å². The van der Waals surface area contributed by atoms with Crippen molar-refractivity contribution in [2.75, 3.05) is 20.3 Å². The van der Waals surface area contributed by atoms with Gasteiger partial charge in [-0.25, -0.2) is 4.52 Å². The summed E-state index contributed by atoms with van der Waals surface area (Å²) in [7, 11) is 1.60. The van der Waals surface area contributed by atoms with E-state index in [-0.39, 0.29) is 12.5 Å². The molecule has 0 atom stereocenters. The van der Waals surface area contributed by atoms with Crippen LogP contribution in [0.3, 0.4) is 0 Å². The van der Waals surface area contributed by atoms with Gasteiger partial charge in [0, 0.05) is 23.9 Å². The van der Waals surface area contributed by atoms with E-state index < -0.39 is 0 Å². The van der Waals surface area contributed by atoms with E-state index in [9.17, 15) is 4.79 Å². The molecule has 0 aliphatic carbocycles. The Morgan fingerprint density at radius 1 is 1.13 bits per heavy atom. The van der Waals surface area contributed by atoms with Gasteiger partial charge in [-0.2, -0.15) is 4.98 Å². The van der Waals surface area contributed by atoms with Crippen LogP contribution in [0.2, 0.25) is 0 Å². The van der Waals surface area contributed by atoms with Crippen LogP contribution in [0.4, 0.5) is 0 Å². The van der Waals surface area contributed by atoms with Crippen molar-refractivity contribution in [1.29, 1.82) is 0 Å². The van der Waals surface area contributed by atoms with E-state index in [2.05, 4.69) is 28.4 Å². The maximum absolute atomic E-state index is 12.1. The van der Waals surface area contributed by atoms with Crippen LogP contribution in [-0.2, 0) is 11.2 Å². The van der Waals surface area contributed by atoms with Crippen molar-refractivity contribution < 1.29 is 14.3 Å². The molecule has 2 aromatic heterocycles. The van der Waals surface area contributed by atoms with Crippen LogP contribution in [0.1, 0.15) is 11.3 Å². The smallest absolute Gasteiger partial charge is 0.257 e. The molecule has 0 saturated carbocycles. The van der Waals surface area contributed by atoms with Crippen molar-refractivity contribution in [1.82, 2.24) is 19.9 Å². The number of amides is 1. The Labute approximate surface area is 178 Å². The molecule has 1 N–H and O–H groups in total. The summed E-state index contributed by atoms with van der Waals surface area (Å²) in [5.74, 6) is 1.92. The van der Waals surface area contributed by atoms with Crippen LogP contribution in [-0.4, -0.2) is 40.8 Å². The van der Waals surface area contributed by atoms with E-state index in [1.165, 1.54) is 0 Å². The first-order valence-corrected chi connectivity index (χ1v) is 10.4. The van der Waals surface area contributed by atoms with Gasteiger partial charge in [-0.15, -0.1) is 16.4 Å². The number of aryl methyl sites for hydroxylation is 1. The predicted molar refractivity (Wildman–Crippen MR) is 116 cm³/mol. The summed E-state index contributed by atoms with van der Waals surface area (Å²) in [4.78, 5) is 17.5. The number of hydrogen-bond acceptors (Lipinski definition) is 6. The summed E-state index contributed by atoms with van der Waals surface area (Å²) in [6.45, 7) is 2.51. The fraction of sp³-hybridized carbons (Fsp3) is 0.227. The van der Waals surface area contributed by atoms with Gasteiger partial charge in [-0.1, -0.05) is 24.3 Å². The molecule has 7 nitrogen and oxygen atoms in total. The molecule has 0 aliphatic rings. The van der Waals surface area contributed by atoms with Crippen LogP contribution >= 0.6 is 11.3 Å². The van der Waals surface area contributed by atoms with Gasteiger partial charge in [-0.3, -0.25) is 4.79 Å². The molecule has 1 amide bonds. The minimum Gasteiger partial charge on any atom is -0.497 e. The van der Waals surface area contributed by atoms with Gasteiger partial charge in [0.2, 0.25) is 4.96 Å². The topological polar surface area (TPSA) is 77.8 Å². The Hall–Kier alpha value is -3.39. The average molecular weight is 423 g/mol. The number of aromatic nitrogens is 3. The Kier molecular flexibility index (Phi) is 5.94. The van der Waals surface area contributed by atoms with E-state index >= 15 is 0 Å². The molecule has 8 heteroatoms. The van der Waals surface area contributed by atoms with E-state index in [4.69, 9.17) is 9.47 Å². The zero-order chi connectivity index (χ0) is 20.9. The highest BCUT2D eigenvalue weighted by Gasteiger charge is 2.13. The van der Waals surface area contributed by atoms with Gasteiger partial charge in [0.05, 0.1) is 12.8 Å². The highest BCUT2D eigenvalue weighted by molar-refractivity contribution is 7.15. The number of nitrogens with one attached hydrogen (secondary N) is 1. The Bertz CT molecular complexity index is 1150. The lowest BCUT2D eigenvalue weighted by atomic mass is 10.1.